The monoisotopic (exact) mass is 714 g/mol. The van der Waals surface area contributed by atoms with Gasteiger partial charge in [0.2, 0.25) is 0 Å². The van der Waals surface area contributed by atoms with E-state index in [1.165, 1.54) is 82.4 Å². The van der Waals surface area contributed by atoms with Crippen LogP contribution in [0, 0.1) is 0 Å². The Kier molecular flexibility index (Phi) is 7.67. The molecule has 0 radical (unpaired) electrons. The fourth-order valence-corrected chi connectivity index (χ4v) is 9.20. The van der Waals surface area contributed by atoms with Crippen molar-refractivity contribution in [3.8, 4) is 27.9 Å². The van der Waals surface area contributed by atoms with Gasteiger partial charge in [0.15, 0.2) is 0 Å². The number of para-hydroxylation sites is 2. The molecule has 0 atom stereocenters. The van der Waals surface area contributed by atoms with E-state index in [0.29, 0.717) is 0 Å². The first kappa shape index (κ1) is 32.3. The van der Waals surface area contributed by atoms with Crippen LogP contribution in [-0.2, 0) is 6.42 Å². The number of aromatic nitrogens is 1. The lowest BCUT2D eigenvalue weighted by Gasteiger charge is -2.26. The second-order valence-electron chi connectivity index (χ2n) is 14.8. The molecule has 0 spiro atoms. The number of fused-ring (bicyclic) bond motifs is 6. The summed E-state index contributed by atoms with van der Waals surface area (Å²) in [7, 11) is 0. The number of hydrogen-bond donors (Lipinski definition) is 0. The minimum Gasteiger partial charge on any atom is -0.313 e. The molecular formula is C54H38N2. The van der Waals surface area contributed by atoms with Crippen LogP contribution in [0.25, 0.3) is 77.2 Å². The number of allylic oxidation sites excluding steroid dienone is 1. The largest absolute Gasteiger partial charge is 0.313 e. The first-order valence-corrected chi connectivity index (χ1v) is 19.6. The van der Waals surface area contributed by atoms with E-state index in [1.54, 1.807) is 0 Å². The van der Waals surface area contributed by atoms with Gasteiger partial charge in [-0.3, -0.25) is 0 Å². The summed E-state index contributed by atoms with van der Waals surface area (Å²) >= 11 is 0. The number of rotatable bonds is 6. The molecule has 0 aliphatic heterocycles. The Morgan fingerprint density at radius 3 is 1.71 bits per heavy atom. The van der Waals surface area contributed by atoms with E-state index in [1.807, 2.05) is 0 Å². The van der Waals surface area contributed by atoms with E-state index in [2.05, 4.69) is 216 Å². The van der Waals surface area contributed by atoms with Gasteiger partial charge in [0.25, 0.3) is 0 Å². The zero-order chi connectivity index (χ0) is 37.0. The van der Waals surface area contributed by atoms with E-state index >= 15 is 0 Å². The lowest BCUT2D eigenvalue weighted by atomic mass is 9.85. The van der Waals surface area contributed by atoms with E-state index < -0.39 is 0 Å². The van der Waals surface area contributed by atoms with Crippen molar-refractivity contribution in [1.29, 1.82) is 0 Å². The Balaban J connectivity index is 1.08. The van der Waals surface area contributed by atoms with Gasteiger partial charge in [-0.15, -0.1) is 0 Å². The predicted molar refractivity (Wildman–Crippen MR) is 239 cm³/mol. The molecule has 1 heterocycles. The molecule has 0 unspecified atom stereocenters. The van der Waals surface area contributed by atoms with Crippen molar-refractivity contribution >= 4 is 66.4 Å². The molecule has 11 rings (SSSR count). The van der Waals surface area contributed by atoms with E-state index in [-0.39, 0.29) is 0 Å². The molecule has 56 heavy (non-hydrogen) atoms. The molecule has 0 amide bonds. The summed E-state index contributed by atoms with van der Waals surface area (Å²) in [5, 5.41) is 8.85. The molecule has 0 fully saturated rings. The predicted octanol–water partition coefficient (Wildman–Crippen LogP) is 14.9. The van der Waals surface area contributed by atoms with Crippen LogP contribution in [0.1, 0.15) is 17.7 Å². The highest BCUT2D eigenvalue weighted by Gasteiger charge is 2.22. The average Bonchev–Trinajstić information content (AvgIpc) is 3.60. The summed E-state index contributed by atoms with van der Waals surface area (Å²) in [6.07, 6.45) is 6.73. The Morgan fingerprint density at radius 2 is 1.00 bits per heavy atom. The quantitative estimate of drug-likeness (QED) is 0.156. The Labute approximate surface area is 326 Å². The van der Waals surface area contributed by atoms with Gasteiger partial charge in [0.1, 0.15) is 0 Å². The van der Waals surface area contributed by atoms with Crippen LogP contribution in [0.2, 0.25) is 0 Å². The lowest BCUT2D eigenvalue weighted by molar-refractivity contribution is 0.888. The summed E-state index contributed by atoms with van der Waals surface area (Å²) in [5.41, 5.74) is 13.6. The van der Waals surface area contributed by atoms with Gasteiger partial charge in [-0.1, -0.05) is 152 Å². The molecule has 9 aromatic carbocycles. The van der Waals surface area contributed by atoms with Crippen molar-refractivity contribution in [2.24, 2.45) is 0 Å². The maximum Gasteiger partial charge on any atom is 0.0539 e. The highest BCUT2D eigenvalue weighted by Crippen LogP contribution is 2.46. The molecule has 264 valence electrons. The second-order valence-corrected chi connectivity index (χ2v) is 14.8. The summed E-state index contributed by atoms with van der Waals surface area (Å²) in [5.74, 6) is 0. The molecule has 10 aromatic rings. The van der Waals surface area contributed by atoms with Crippen LogP contribution in [0.15, 0.2) is 200 Å². The zero-order valence-electron chi connectivity index (χ0n) is 30.9. The molecule has 0 N–H and O–H groups in total. The van der Waals surface area contributed by atoms with Gasteiger partial charge < -0.3 is 9.47 Å². The van der Waals surface area contributed by atoms with Crippen LogP contribution >= 0.6 is 0 Å². The highest BCUT2D eigenvalue weighted by atomic mass is 15.1. The molecular weight excluding hydrogens is 677 g/mol. The summed E-state index contributed by atoms with van der Waals surface area (Å²) in [6, 6.07) is 71.0. The van der Waals surface area contributed by atoms with Crippen LogP contribution < -0.4 is 4.90 Å². The molecule has 2 heteroatoms. The standard InChI is InChI=1S/C54H38N2/c1-3-18-39(19-4-1)55(42-34-35-52-50(36-42)44-23-13-14-29-51(44)56(52)40-20-5-2-6-21-40)41-32-30-38(31-33-41)53-46-24-9-11-26-48(46)54(49-27-12-10-25-47(49)53)45-28-15-17-37-16-7-8-22-43(37)45/h1-13,15-28,30-36H,14,29H2. The van der Waals surface area contributed by atoms with Gasteiger partial charge in [0, 0.05) is 39.4 Å². The average molecular weight is 715 g/mol. The summed E-state index contributed by atoms with van der Waals surface area (Å²) in [6.45, 7) is 0. The maximum atomic E-state index is 2.46. The number of anilines is 3. The Morgan fingerprint density at radius 1 is 0.429 bits per heavy atom. The Bertz CT molecular complexity index is 3050. The SMILES string of the molecule is C1=Cc2c(n(-c3ccccc3)c3ccc(N(c4ccccc4)c4ccc(-c5c6ccccc6c(-c6cccc7ccccc67)c6ccccc56)cc4)cc23)CC1. The van der Waals surface area contributed by atoms with Crippen molar-refractivity contribution in [3.05, 3.63) is 211 Å². The van der Waals surface area contributed by atoms with Gasteiger partial charge in [-0.2, -0.15) is 0 Å². The molecule has 0 saturated heterocycles. The van der Waals surface area contributed by atoms with Gasteiger partial charge in [-0.05, 0) is 122 Å². The van der Waals surface area contributed by atoms with Crippen molar-refractivity contribution in [2.45, 2.75) is 12.8 Å². The fourth-order valence-electron chi connectivity index (χ4n) is 9.20. The topological polar surface area (TPSA) is 8.17 Å². The molecule has 1 aliphatic carbocycles. The first-order chi connectivity index (χ1) is 27.8. The molecule has 1 aromatic heterocycles. The first-order valence-electron chi connectivity index (χ1n) is 19.6. The number of benzene rings is 9. The van der Waals surface area contributed by atoms with Gasteiger partial charge >= 0.3 is 0 Å². The third kappa shape index (κ3) is 5.18. The molecule has 0 saturated carbocycles. The summed E-state index contributed by atoms with van der Waals surface area (Å²) < 4.78 is 2.46. The van der Waals surface area contributed by atoms with Crippen LogP contribution in [-0.4, -0.2) is 4.57 Å². The van der Waals surface area contributed by atoms with Crippen molar-refractivity contribution in [3.63, 3.8) is 0 Å². The van der Waals surface area contributed by atoms with Crippen LogP contribution in [0.3, 0.4) is 0 Å². The molecule has 2 nitrogen and oxygen atoms in total. The normalized spacial score (nSPS) is 12.4. The third-order valence-corrected chi connectivity index (χ3v) is 11.6. The van der Waals surface area contributed by atoms with Crippen LogP contribution in [0.4, 0.5) is 17.1 Å². The third-order valence-electron chi connectivity index (χ3n) is 11.6. The van der Waals surface area contributed by atoms with E-state index in [9.17, 15) is 0 Å². The second kappa shape index (κ2) is 13.3. The van der Waals surface area contributed by atoms with Crippen molar-refractivity contribution < 1.29 is 0 Å². The van der Waals surface area contributed by atoms with Gasteiger partial charge in [0.05, 0.1) is 5.52 Å². The number of hydrogen-bond acceptors (Lipinski definition) is 1. The van der Waals surface area contributed by atoms with E-state index in [4.69, 9.17) is 0 Å². The molecule has 0 bridgehead atoms. The lowest BCUT2D eigenvalue weighted by Crippen LogP contribution is -2.09. The highest BCUT2D eigenvalue weighted by molar-refractivity contribution is 6.23. The maximum absolute atomic E-state index is 2.46. The smallest absolute Gasteiger partial charge is 0.0539 e. The van der Waals surface area contributed by atoms with Gasteiger partial charge in [-0.25, -0.2) is 0 Å². The molecule has 1 aliphatic rings. The van der Waals surface area contributed by atoms with E-state index in [0.717, 1.165) is 29.9 Å². The van der Waals surface area contributed by atoms with Crippen molar-refractivity contribution in [1.82, 2.24) is 4.57 Å². The Hall–Kier alpha value is -7.16. The van der Waals surface area contributed by atoms with Crippen molar-refractivity contribution in [2.75, 3.05) is 4.90 Å². The summed E-state index contributed by atoms with van der Waals surface area (Å²) in [4.78, 5) is 2.39. The fraction of sp³-hybridized carbons (Fsp3) is 0.0370. The minimum absolute atomic E-state index is 1.03. The minimum atomic E-state index is 1.03. The zero-order valence-corrected chi connectivity index (χ0v) is 30.9. The van der Waals surface area contributed by atoms with Crippen LogP contribution in [0.5, 0.6) is 0 Å². The number of nitrogens with zero attached hydrogens (tertiary/aromatic N) is 2.